The van der Waals surface area contributed by atoms with Crippen molar-refractivity contribution in [1.82, 2.24) is 15.3 Å². The first-order valence-corrected chi connectivity index (χ1v) is 6.73. The maximum atomic E-state index is 12.1. The van der Waals surface area contributed by atoms with Crippen LogP contribution in [0, 0.1) is 5.92 Å². The average Bonchev–Trinajstić information content (AvgIpc) is 2.45. The van der Waals surface area contributed by atoms with Crippen LogP contribution in [0.15, 0.2) is 30.6 Å². The molecule has 1 heterocycles. The standard InChI is InChI=1S/C14H16ClN3O/c1-9(8-15)10(2)18-14(19)11-3-4-12-13(7-11)17-6-5-16-12/h3-7,9-10H,8H2,1-2H3,(H,18,19). The van der Waals surface area contributed by atoms with Crippen LogP contribution < -0.4 is 5.32 Å². The fraction of sp³-hybridized carbons (Fsp3) is 0.357. The van der Waals surface area contributed by atoms with Crippen molar-refractivity contribution >= 4 is 28.5 Å². The van der Waals surface area contributed by atoms with Crippen molar-refractivity contribution in [3.05, 3.63) is 36.2 Å². The van der Waals surface area contributed by atoms with Crippen LogP contribution in [0.1, 0.15) is 24.2 Å². The molecule has 0 saturated carbocycles. The van der Waals surface area contributed by atoms with Gasteiger partial charge in [-0.1, -0.05) is 6.92 Å². The molecule has 0 bridgehead atoms. The van der Waals surface area contributed by atoms with Crippen molar-refractivity contribution < 1.29 is 4.79 Å². The lowest BCUT2D eigenvalue weighted by atomic mass is 10.1. The van der Waals surface area contributed by atoms with Crippen molar-refractivity contribution in [3.63, 3.8) is 0 Å². The number of aromatic nitrogens is 2. The Balaban J connectivity index is 2.17. The zero-order valence-corrected chi connectivity index (χ0v) is 11.7. The maximum Gasteiger partial charge on any atom is 0.251 e. The van der Waals surface area contributed by atoms with Crippen LogP contribution in [0.2, 0.25) is 0 Å². The Bertz CT molecular complexity index is 588. The summed E-state index contributed by atoms with van der Waals surface area (Å²) >= 11 is 5.78. The number of hydrogen-bond donors (Lipinski definition) is 1. The molecule has 0 aliphatic rings. The van der Waals surface area contributed by atoms with Gasteiger partial charge in [0.2, 0.25) is 0 Å². The number of benzene rings is 1. The van der Waals surface area contributed by atoms with Gasteiger partial charge in [0.15, 0.2) is 0 Å². The van der Waals surface area contributed by atoms with Gasteiger partial charge in [-0.2, -0.15) is 0 Å². The van der Waals surface area contributed by atoms with Gasteiger partial charge in [0.1, 0.15) is 0 Å². The molecule has 0 saturated heterocycles. The highest BCUT2D eigenvalue weighted by Crippen LogP contribution is 2.12. The quantitative estimate of drug-likeness (QED) is 0.874. The number of carbonyl (C=O) groups is 1. The summed E-state index contributed by atoms with van der Waals surface area (Å²) in [6.45, 7) is 3.95. The second-order valence-electron chi connectivity index (χ2n) is 4.65. The Labute approximate surface area is 117 Å². The number of rotatable bonds is 4. The fourth-order valence-electron chi connectivity index (χ4n) is 1.67. The van der Waals surface area contributed by atoms with Crippen LogP contribution in [0.25, 0.3) is 11.0 Å². The van der Waals surface area contributed by atoms with E-state index < -0.39 is 0 Å². The van der Waals surface area contributed by atoms with Gasteiger partial charge in [-0.3, -0.25) is 14.8 Å². The van der Waals surface area contributed by atoms with Crippen molar-refractivity contribution in [2.24, 2.45) is 5.92 Å². The van der Waals surface area contributed by atoms with E-state index >= 15 is 0 Å². The minimum atomic E-state index is -0.114. The third-order valence-corrected chi connectivity index (χ3v) is 3.67. The highest BCUT2D eigenvalue weighted by atomic mass is 35.5. The lowest BCUT2D eigenvalue weighted by Crippen LogP contribution is -2.37. The molecule has 1 N–H and O–H groups in total. The number of amides is 1. The zero-order valence-electron chi connectivity index (χ0n) is 10.9. The molecular weight excluding hydrogens is 262 g/mol. The second-order valence-corrected chi connectivity index (χ2v) is 4.96. The van der Waals surface area contributed by atoms with E-state index in [2.05, 4.69) is 15.3 Å². The summed E-state index contributed by atoms with van der Waals surface area (Å²) in [5.41, 5.74) is 2.08. The molecule has 0 radical (unpaired) electrons. The van der Waals surface area contributed by atoms with E-state index in [1.165, 1.54) is 0 Å². The SMILES string of the molecule is CC(CCl)C(C)NC(=O)c1ccc2nccnc2c1. The molecule has 2 rings (SSSR count). The Morgan fingerprint density at radius 2 is 1.95 bits per heavy atom. The van der Waals surface area contributed by atoms with E-state index in [4.69, 9.17) is 11.6 Å². The smallest absolute Gasteiger partial charge is 0.251 e. The molecule has 0 fully saturated rings. The summed E-state index contributed by atoms with van der Waals surface area (Å²) in [5, 5.41) is 2.94. The summed E-state index contributed by atoms with van der Waals surface area (Å²) in [5.74, 6) is 0.632. The maximum absolute atomic E-state index is 12.1. The second kappa shape index (κ2) is 5.97. The van der Waals surface area contributed by atoms with E-state index in [9.17, 15) is 4.79 Å². The minimum Gasteiger partial charge on any atom is -0.349 e. The van der Waals surface area contributed by atoms with Crippen LogP contribution in [0.5, 0.6) is 0 Å². The summed E-state index contributed by atoms with van der Waals surface area (Å²) in [7, 11) is 0. The number of halogens is 1. The Hall–Kier alpha value is -1.68. The van der Waals surface area contributed by atoms with Gasteiger partial charge in [0.05, 0.1) is 11.0 Å². The molecule has 1 amide bonds. The van der Waals surface area contributed by atoms with Gasteiger partial charge in [-0.25, -0.2) is 0 Å². The van der Waals surface area contributed by atoms with E-state index in [1.54, 1.807) is 30.6 Å². The largest absolute Gasteiger partial charge is 0.349 e. The van der Waals surface area contributed by atoms with Gasteiger partial charge >= 0.3 is 0 Å². The van der Waals surface area contributed by atoms with Gasteiger partial charge in [-0.15, -0.1) is 11.6 Å². The van der Waals surface area contributed by atoms with Crippen LogP contribution >= 0.6 is 11.6 Å². The molecular formula is C14H16ClN3O. The molecule has 1 aromatic carbocycles. The van der Waals surface area contributed by atoms with Gasteiger partial charge in [0, 0.05) is 29.9 Å². The van der Waals surface area contributed by atoms with Crippen LogP contribution in [0.3, 0.4) is 0 Å². The Morgan fingerprint density at radius 3 is 2.63 bits per heavy atom. The lowest BCUT2D eigenvalue weighted by molar-refractivity contribution is 0.0931. The number of carbonyl (C=O) groups excluding carboxylic acids is 1. The van der Waals surface area contributed by atoms with E-state index in [-0.39, 0.29) is 17.9 Å². The topological polar surface area (TPSA) is 54.9 Å². The lowest BCUT2D eigenvalue weighted by Gasteiger charge is -2.19. The minimum absolute atomic E-state index is 0.0301. The van der Waals surface area contributed by atoms with E-state index in [0.717, 1.165) is 5.52 Å². The van der Waals surface area contributed by atoms with Crippen molar-refractivity contribution in [2.75, 3.05) is 5.88 Å². The molecule has 4 nitrogen and oxygen atoms in total. The van der Waals surface area contributed by atoms with Gasteiger partial charge in [0.25, 0.3) is 5.91 Å². The summed E-state index contributed by atoms with van der Waals surface area (Å²) in [6, 6.07) is 5.33. The molecule has 100 valence electrons. The molecule has 5 heteroatoms. The Morgan fingerprint density at radius 1 is 1.26 bits per heavy atom. The highest BCUT2D eigenvalue weighted by Gasteiger charge is 2.15. The van der Waals surface area contributed by atoms with Crippen LogP contribution in [-0.2, 0) is 0 Å². The van der Waals surface area contributed by atoms with E-state index in [1.807, 2.05) is 13.8 Å². The molecule has 2 aromatic rings. The van der Waals surface area contributed by atoms with Crippen LogP contribution in [-0.4, -0.2) is 27.8 Å². The number of fused-ring (bicyclic) bond motifs is 1. The molecule has 19 heavy (non-hydrogen) atoms. The van der Waals surface area contributed by atoms with E-state index in [0.29, 0.717) is 17.0 Å². The number of nitrogens with one attached hydrogen (secondary N) is 1. The first-order valence-electron chi connectivity index (χ1n) is 6.19. The molecule has 2 atom stereocenters. The third kappa shape index (κ3) is 3.20. The van der Waals surface area contributed by atoms with Crippen molar-refractivity contribution in [1.29, 1.82) is 0 Å². The fourth-order valence-corrected chi connectivity index (χ4v) is 1.94. The van der Waals surface area contributed by atoms with Gasteiger partial charge in [-0.05, 0) is 31.0 Å². The molecule has 1 aromatic heterocycles. The highest BCUT2D eigenvalue weighted by molar-refractivity contribution is 6.18. The summed E-state index contributed by atoms with van der Waals surface area (Å²) in [4.78, 5) is 20.5. The number of nitrogens with zero attached hydrogens (tertiary/aromatic N) is 2. The number of alkyl halides is 1. The molecule has 0 aliphatic heterocycles. The molecule has 0 aliphatic carbocycles. The first-order chi connectivity index (χ1) is 9.11. The summed E-state index contributed by atoms with van der Waals surface area (Å²) in [6.07, 6.45) is 3.24. The first kappa shape index (κ1) is 13.7. The Kier molecular flexibility index (Phi) is 4.32. The van der Waals surface area contributed by atoms with Crippen molar-refractivity contribution in [3.8, 4) is 0 Å². The predicted octanol–water partition coefficient (Wildman–Crippen LogP) is 2.62. The van der Waals surface area contributed by atoms with Crippen LogP contribution in [0.4, 0.5) is 0 Å². The third-order valence-electron chi connectivity index (χ3n) is 3.19. The molecule has 0 spiro atoms. The number of hydrogen-bond acceptors (Lipinski definition) is 3. The normalized spacial score (nSPS) is 14.1. The predicted molar refractivity (Wildman–Crippen MR) is 76.4 cm³/mol. The summed E-state index contributed by atoms with van der Waals surface area (Å²) < 4.78 is 0. The molecule has 2 unspecified atom stereocenters. The monoisotopic (exact) mass is 277 g/mol. The van der Waals surface area contributed by atoms with Gasteiger partial charge < -0.3 is 5.32 Å². The van der Waals surface area contributed by atoms with Crippen molar-refractivity contribution in [2.45, 2.75) is 19.9 Å². The average molecular weight is 278 g/mol. The zero-order chi connectivity index (χ0) is 13.8.